The molecule has 1 atom stereocenters. The van der Waals surface area contributed by atoms with Gasteiger partial charge in [0.05, 0.1) is 0 Å². The van der Waals surface area contributed by atoms with Gasteiger partial charge in [-0.05, 0) is 25.4 Å². The Hall–Kier alpha value is -0.610. The first-order valence-electron chi connectivity index (χ1n) is 3.51. The Kier molecular flexibility index (Phi) is 3.32. The zero-order valence-corrected chi connectivity index (χ0v) is 7.43. The molecule has 62 valence electrons. The zero-order chi connectivity index (χ0) is 8.10. The van der Waals surface area contributed by atoms with Crippen LogP contribution in [0, 0.1) is 0 Å². The van der Waals surface area contributed by atoms with Crippen molar-refractivity contribution in [2.75, 3.05) is 6.61 Å². The van der Waals surface area contributed by atoms with E-state index in [0.717, 1.165) is 0 Å². The van der Waals surface area contributed by atoms with E-state index < -0.39 is 0 Å². The summed E-state index contributed by atoms with van der Waals surface area (Å²) in [6.07, 6.45) is -0.206. The molecule has 1 unspecified atom stereocenters. The van der Waals surface area contributed by atoms with Crippen LogP contribution in [0.15, 0.2) is 11.4 Å². The molecule has 0 spiro atoms. The molecule has 0 radical (unpaired) electrons. The minimum absolute atomic E-state index is 0.206. The second-order valence-corrected chi connectivity index (χ2v) is 2.64. The summed E-state index contributed by atoms with van der Waals surface area (Å²) in [4.78, 5) is 0. The van der Waals surface area contributed by atoms with Crippen molar-refractivity contribution < 1.29 is 9.47 Å². The Morgan fingerprint density at radius 1 is 1.73 bits per heavy atom. The quantitative estimate of drug-likeness (QED) is 0.652. The highest BCUT2D eigenvalue weighted by atomic mass is 32.1. The van der Waals surface area contributed by atoms with Crippen LogP contribution in [0.3, 0.4) is 0 Å². The van der Waals surface area contributed by atoms with Gasteiger partial charge in [-0.15, -0.1) is 0 Å². The van der Waals surface area contributed by atoms with E-state index in [2.05, 4.69) is 4.37 Å². The maximum atomic E-state index is 5.27. The Labute approximate surface area is 70.1 Å². The van der Waals surface area contributed by atoms with Crippen molar-refractivity contribution in [1.82, 2.24) is 4.37 Å². The number of hydrogen-bond acceptors (Lipinski definition) is 4. The van der Waals surface area contributed by atoms with Gasteiger partial charge in [0, 0.05) is 18.1 Å². The fraction of sp³-hybridized carbons (Fsp3) is 0.571. The van der Waals surface area contributed by atoms with Gasteiger partial charge in [-0.1, -0.05) is 0 Å². The first-order valence-corrected chi connectivity index (χ1v) is 4.35. The van der Waals surface area contributed by atoms with E-state index in [-0.39, 0.29) is 6.29 Å². The minimum Gasteiger partial charge on any atom is -0.447 e. The molecule has 0 bridgehead atoms. The molecular formula is C7H11NO2S. The van der Waals surface area contributed by atoms with Gasteiger partial charge in [0.2, 0.25) is 5.88 Å². The zero-order valence-electron chi connectivity index (χ0n) is 6.61. The van der Waals surface area contributed by atoms with Crippen LogP contribution in [0.4, 0.5) is 0 Å². The molecule has 1 aromatic rings. The molecule has 3 nitrogen and oxygen atoms in total. The summed E-state index contributed by atoms with van der Waals surface area (Å²) in [6.45, 7) is 4.44. The molecule has 1 heterocycles. The summed E-state index contributed by atoms with van der Waals surface area (Å²) >= 11 is 1.37. The van der Waals surface area contributed by atoms with Crippen LogP contribution in [-0.4, -0.2) is 17.3 Å². The Morgan fingerprint density at radius 3 is 3.09 bits per heavy atom. The number of ether oxygens (including phenoxy) is 2. The summed E-state index contributed by atoms with van der Waals surface area (Å²) in [5.41, 5.74) is 0. The highest BCUT2D eigenvalue weighted by Gasteiger charge is 2.02. The number of aromatic nitrogens is 1. The van der Waals surface area contributed by atoms with Crippen LogP contribution < -0.4 is 4.74 Å². The predicted octanol–water partition coefficient (Wildman–Crippen LogP) is 1.90. The van der Waals surface area contributed by atoms with Crippen molar-refractivity contribution in [3.8, 4) is 5.88 Å². The van der Waals surface area contributed by atoms with Crippen molar-refractivity contribution in [3.63, 3.8) is 0 Å². The third-order valence-electron chi connectivity index (χ3n) is 1.10. The van der Waals surface area contributed by atoms with Gasteiger partial charge in [-0.2, -0.15) is 4.37 Å². The molecule has 0 aromatic carbocycles. The third kappa shape index (κ3) is 2.86. The molecule has 11 heavy (non-hydrogen) atoms. The number of nitrogens with zero attached hydrogens (tertiary/aromatic N) is 1. The lowest BCUT2D eigenvalue weighted by Gasteiger charge is -2.10. The molecule has 0 amide bonds. The molecule has 0 N–H and O–H groups in total. The molecule has 0 fully saturated rings. The molecule has 0 aliphatic heterocycles. The second-order valence-electron chi connectivity index (χ2n) is 1.98. The molecule has 1 rings (SSSR count). The highest BCUT2D eigenvalue weighted by molar-refractivity contribution is 7.03. The van der Waals surface area contributed by atoms with E-state index >= 15 is 0 Å². The van der Waals surface area contributed by atoms with Crippen LogP contribution >= 0.6 is 11.5 Å². The number of hydrogen-bond donors (Lipinski definition) is 0. The van der Waals surface area contributed by atoms with Gasteiger partial charge in [0.25, 0.3) is 0 Å². The standard InChI is InChI=1S/C7H11NO2S/c1-3-9-6(2)10-7-4-5-11-8-7/h4-6H,3H2,1-2H3. The van der Waals surface area contributed by atoms with Crippen LogP contribution in [-0.2, 0) is 4.74 Å². The van der Waals surface area contributed by atoms with E-state index in [4.69, 9.17) is 9.47 Å². The van der Waals surface area contributed by atoms with E-state index in [1.165, 1.54) is 11.5 Å². The summed E-state index contributed by atoms with van der Waals surface area (Å²) < 4.78 is 14.4. The lowest BCUT2D eigenvalue weighted by Crippen LogP contribution is -2.15. The average Bonchev–Trinajstić information content (AvgIpc) is 2.40. The molecule has 4 heteroatoms. The van der Waals surface area contributed by atoms with Gasteiger partial charge in [0.1, 0.15) is 0 Å². The van der Waals surface area contributed by atoms with Crippen LogP contribution in [0.2, 0.25) is 0 Å². The van der Waals surface area contributed by atoms with Gasteiger partial charge in [-0.3, -0.25) is 0 Å². The highest BCUT2D eigenvalue weighted by Crippen LogP contribution is 2.10. The summed E-state index contributed by atoms with van der Waals surface area (Å²) in [7, 11) is 0. The normalized spacial score (nSPS) is 12.9. The van der Waals surface area contributed by atoms with Gasteiger partial charge >= 0.3 is 0 Å². The van der Waals surface area contributed by atoms with E-state index in [0.29, 0.717) is 12.5 Å². The van der Waals surface area contributed by atoms with Crippen LogP contribution in [0.5, 0.6) is 5.88 Å². The van der Waals surface area contributed by atoms with Gasteiger partial charge in [-0.25, -0.2) is 0 Å². The van der Waals surface area contributed by atoms with E-state index in [1.54, 1.807) is 0 Å². The van der Waals surface area contributed by atoms with Crippen molar-refractivity contribution in [2.45, 2.75) is 20.1 Å². The first-order chi connectivity index (χ1) is 5.33. The van der Waals surface area contributed by atoms with E-state index in [9.17, 15) is 0 Å². The maximum absolute atomic E-state index is 5.27. The smallest absolute Gasteiger partial charge is 0.227 e. The summed E-state index contributed by atoms with van der Waals surface area (Å²) in [5.74, 6) is 0.635. The van der Waals surface area contributed by atoms with Crippen molar-refractivity contribution in [3.05, 3.63) is 11.4 Å². The lowest BCUT2D eigenvalue weighted by molar-refractivity contribution is -0.0631. The maximum Gasteiger partial charge on any atom is 0.227 e. The fourth-order valence-corrected chi connectivity index (χ4v) is 1.15. The average molecular weight is 173 g/mol. The van der Waals surface area contributed by atoms with E-state index in [1.807, 2.05) is 25.3 Å². The minimum atomic E-state index is -0.206. The predicted molar refractivity (Wildman–Crippen MR) is 43.8 cm³/mol. The lowest BCUT2D eigenvalue weighted by atomic mass is 10.7. The molecule has 0 saturated heterocycles. The van der Waals surface area contributed by atoms with Crippen LogP contribution in [0.25, 0.3) is 0 Å². The number of rotatable bonds is 4. The van der Waals surface area contributed by atoms with Crippen LogP contribution in [0.1, 0.15) is 13.8 Å². The Bertz CT molecular complexity index is 188. The van der Waals surface area contributed by atoms with Gasteiger partial charge < -0.3 is 9.47 Å². The largest absolute Gasteiger partial charge is 0.447 e. The topological polar surface area (TPSA) is 31.4 Å². The van der Waals surface area contributed by atoms with Crippen molar-refractivity contribution >= 4 is 11.5 Å². The third-order valence-corrected chi connectivity index (χ3v) is 1.65. The molecular weight excluding hydrogens is 162 g/mol. The summed E-state index contributed by atoms with van der Waals surface area (Å²) in [6, 6.07) is 1.82. The van der Waals surface area contributed by atoms with Crippen molar-refractivity contribution in [2.24, 2.45) is 0 Å². The molecule has 1 aromatic heterocycles. The van der Waals surface area contributed by atoms with Gasteiger partial charge in [0.15, 0.2) is 6.29 Å². The molecule has 0 aliphatic rings. The second kappa shape index (κ2) is 4.31. The molecule has 0 saturated carbocycles. The Morgan fingerprint density at radius 2 is 2.55 bits per heavy atom. The SMILES string of the molecule is CCOC(C)Oc1ccsn1. The first kappa shape index (κ1) is 8.49. The Balaban J connectivity index is 2.31. The van der Waals surface area contributed by atoms with Crippen molar-refractivity contribution in [1.29, 1.82) is 0 Å². The molecule has 0 aliphatic carbocycles. The monoisotopic (exact) mass is 173 g/mol. The fourth-order valence-electron chi connectivity index (χ4n) is 0.701. The summed E-state index contributed by atoms with van der Waals surface area (Å²) in [5, 5.41) is 1.87.